The summed E-state index contributed by atoms with van der Waals surface area (Å²) in [4.78, 5) is 13.2. The quantitative estimate of drug-likeness (QED) is 0.653. The van der Waals surface area contributed by atoms with E-state index >= 15 is 0 Å². The summed E-state index contributed by atoms with van der Waals surface area (Å²) in [6, 6.07) is 22.6. The standard InChI is InChI=1S/C24H21N3O3S/c25-17-18-7-1-2-8-21(18)22-9-3-4-10-23(22)24(28)26-19-11-13-20(14-12-19)31(29,30)27-15-5-6-16-27/h1-4,7-14H,5-6,15-16H2,(H,26,28). The zero-order valence-corrected chi connectivity index (χ0v) is 17.6. The molecule has 0 unspecified atom stereocenters. The fourth-order valence-electron chi connectivity index (χ4n) is 3.72. The van der Waals surface area contributed by atoms with Crippen LogP contribution in [-0.4, -0.2) is 31.7 Å². The minimum absolute atomic E-state index is 0.218. The molecule has 1 aliphatic heterocycles. The fourth-order valence-corrected chi connectivity index (χ4v) is 5.23. The Labute approximate surface area is 181 Å². The van der Waals surface area contributed by atoms with E-state index in [4.69, 9.17) is 0 Å². The molecule has 3 aromatic carbocycles. The Balaban J connectivity index is 1.58. The minimum atomic E-state index is -3.50. The van der Waals surface area contributed by atoms with Gasteiger partial charge >= 0.3 is 0 Å². The third-order valence-corrected chi connectivity index (χ3v) is 7.24. The van der Waals surface area contributed by atoms with E-state index in [1.807, 2.05) is 18.2 Å². The predicted octanol–water partition coefficient (Wildman–Crippen LogP) is 4.26. The Kier molecular flexibility index (Phi) is 5.85. The highest BCUT2D eigenvalue weighted by atomic mass is 32.2. The van der Waals surface area contributed by atoms with Crippen molar-refractivity contribution >= 4 is 21.6 Å². The third-order valence-electron chi connectivity index (χ3n) is 5.32. The van der Waals surface area contributed by atoms with E-state index < -0.39 is 10.0 Å². The molecule has 0 aliphatic carbocycles. The first-order chi connectivity index (χ1) is 15.0. The molecule has 0 bridgehead atoms. The van der Waals surface area contributed by atoms with Gasteiger partial charge in [-0.3, -0.25) is 4.79 Å². The van der Waals surface area contributed by atoms with Crippen LogP contribution in [0.3, 0.4) is 0 Å². The molecule has 0 spiro atoms. The van der Waals surface area contributed by atoms with E-state index in [9.17, 15) is 18.5 Å². The van der Waals surface area contributed by atoms with Gasteiger partial charge in [-0.25, -0.2) is 8.42 Å². The van der Waals surface area contributed by atoms with Crippen molar-refractivity contribution in [1.82, 2.24) is 4.31 Å². The second-order valence-electron chi connectivity index (χ2n) is 7.29. The highest BCUT2D eigenvalue weighted by molar-refractivity contribution is 7.89. The number of nitriles is 1. The number of nitrogens with zero attached hydrogens (tertiary/aromatic N) is 2. The number of hydrogen-bond donors (Lipinski definition) is 1. The van der Waals surface area contributed by atoms with Crippen molar-refractivity contribution in [2.45, 2.75) is 17.7 Å². The Morgan fingerprint density at radius 3 is 2.16 bits per heavy atom. The molecule has 3 aromatic rings. The largest absolute Gasteiger partial charge is 0.322 e. The van der Waals surface area contributed by atoms with E-state index in [1.54, 1.807) is 42.5 Å². The number of hydrogen-bond acceptors (Lipinski definition) is 4. The molecule has 1 amide bonds. The van der Waals surface area contributed by atoms with Gasteiger partial charge in [0.2, 0.25) is 10.0 Å². The van der Waals surface area contributed by atoms with Gasteiger partial charge in [-0.05, 0) is 54.8 Å². The lowest BCUT2D eigenvalue weighted by Crippen LogP contribution is -2.27. The molecule has 1 aliphatic rings. The Bertz CT molecular complexity index is 1260. The molecular weight excluding hydrogens is 410 g/mol. The topological polar surface area (TPSA) is 90.3 Å². The van der Waals surface area contributed by atoms with E-state index in [0.717, 1.165) is 12.8 Å². The van der Waals surface area contributed by atoms with Gasteiger partial charge < -0.3 is 5.32 Å². The van der Waals surface area contributed by atoms with Crippen molar-refractivity contribution in [2.24, 2.45) is 0 Å². The van der Waals surface area contributed by atoms with Crippen LogP contribution in [0.4, 0.5) is 5.69 Å². The summed E-state index contributed by atoms with van der Waals surface area (Å²) in [5.74, 6) is -0.335. The molecule has 31 heavy (non-hydrogen) atoms. The molecule has 1 saturated heterocycles. The average molecular weight is 432 g/mol. The summed E-state index contributed by atoms with van der Waals surface area (Å²) in [6.07, 6.45) is 1.75. The zero-order valence-electron chi connectivity index (χ0n) is 16.8. The summed E-state index contributed by atoms with van der Waals surface area (Å²) in [5, 5.41) is 12.2. The van der Waals surface area contributed by atoms with Crippen molar-refractivity contribution in [3.63, 3.8) is 0 Å². The summed E-state index contributed by atoms with van der Waals surface area (Å²) in [5.41, 5.74) is 2.75. The third kappa shape index (κ3) is 4.22. The summed E-state index contributed by atoms with van der Waals surface area (Å²) >= 11 is 0. The number of carbonyl (C=O) groups is 1. The van der Waals surface area contributed by atoms with E-state index in [-0.39, 0.29) is 10.8 Å². The van der Waals surface area contributed by atoms with Gasteiger partial charge in [-0.2, -0.15) is 9.57 Å². The fraction of sp³-hybridized carbons (Fsp3) is 0.167. The molecule has 7 heteroatoms. The number of rotatable bonds is 5. The first kappa shape index (κ1) is 20.8. The Morgan fingerprint density at radius 2 is 1.48 bits per heavy atom. The molecule has 1 fully saturated rings. The SMILES string of the molecule is N#Cc1ccccc1-c1ccccc1C(=O)Nc1ccc(S(=O)(=O)N2CCCC2)cc1. The summed E-state index contributed by atoms with van der Waals surface area (Å²) in [6.45, 7) is 1.09. The van der Waals surface area contributed by atoms with Crippen LogP contribution in [0, 0.1) is 11.3 Å². The average Bonchev–Trinajstić information content (AvgIpc) is 3.35. The van der Waals surface area contributed by atoms with Gasteiger partial charge in [-0.1, -0.05) is 36.4 Å². The number of amides is 1. The molecule has 0 saturated carbocycles. The first-order valence-electron chi connectivity index (χ1n) is 10.0. The van der Waals surface area contributed by atoms with Gasteiger partial charge in [0.25, 0.3) is 5.91 Å². The van der Waals surface area contributed by atoms with Crippen molar-refractivity contribution in [1.29, 1.82) is 5.26 Å². The van der Waals surface area contributed by atoms with Crippen LogP contribution in [0.5, 0.6) is 0 Å². The maximum Gasteiger partial charge on any atom is 0.256 e. The number of sulfonamides is 1. The van der Waals surface area contributed by atoms with E-state index in [2.05, 4.69) is 11.4 Å². The number of nitrogens with one attached hydrogen (secondary N) is 1. The van der Waals surface area contributed by atoms with Crippen LogP contribution < -0.4 is 5.32 Å². The first-order valence-corrected chi connectivity index (χ1v) is 11.4. The van der Waals surface area contributed by atoms with Gasteiger partial charge in [-0.15, -0.1) is 0 Å². The molecule has 0 radical (unpaired) electrons. The lowest BCUT2D eigenvalue weighted by Gasteiger charge is -2.16. The van der Waals surface area contributed by atoms with Crippen LogP contribution in [0.1, 0.15) is 28.8 Å². The number of anilines is 1. The summed E-state index contributed by atoms with van der Waals surface area (Å²) < 4.78 is 26.8. The highest BCUT2D eigenvalue weighted by Gasteiger charge is 2.27. The van der Waals surface area contributed by atoms with Crippen molar-refractivity contribution in [3.05, 3.63) is 83.9 Å². The number of carbonyl (C=O) groups excluding carboxylic acids is 1. The van der Waals surface area contributed by atoms with Crippen LogP contribution in [0.25, 0.3) is 11.1 Å². The Hall–Kier alpha value is -3.47. The highest BCUT2D eigenvalue weighted by Crippen LogP contribution is 2.28. The molecule has 0 atom stereocenters. The van der Waals surface area contributed by atoms with Crippen LogP contribution >= 0.6 is 0 Å². The second-order valence-corrected chi connectivity index (χ2v) is 9.23. The second kappa shape index (κ2) is 8.72. The van der Waals surface area contributed by atoms with Crippen LogP contribution in [0.15, 0.2) is 77.7 Å². The minimum Gasteiger partial charge on any atom is -0.322 e. The van der Waals surface area contributed by atoms with Crippen molar-refractivity contribution < 1.29 is 13.2 Å². The normalized spacial score (nSPS) is 14.2. The predicted molar refractivity (Wildman–Crippen MR) is 119 cm³/mol. The molecule has 1 heterocycles. The Morgan fingerprint density at radius 1 is 0.871 bits per heavy atom. The van der Waals surface area contributed by atoms with Crippen LogP contribution in [-0.2, 0) is 10.0 Å². The lowest BCUT2D eigenvalue weighted by molar-refractivity contribution is 0.102. The molecule has 1 N–H and O–H groups in total. The maximum absolute atomic E-state index is 13.0. The molecule has 0 aromatic heterocycles. The zero-order chi connectivity index (χ0) is 21.8. The van der Waals surface area contributed by atoms with Gasteiger partial charge in [0, 0.05) is 29.9 Å². The molecule has 156 valence electrons. The van der Waals surface area contributed by atoms with Gasteiger partial charge in [0.1, 0.15) is 0 Å². The lowest BCUT2D eigenvalue weighted by atomic mass is 9.95. The van der Waals surface area contributed by atoms with Gasteiger partial charge in [0.05, 0.1) is 16.5 Å². The van der Waals surface area contributed by atoms with Crippen molar-refractivity contribution in [3.8, 4) is 17.2 Å². The van der Waals surface area contributed by atoms with Crippen molar-refractivity contribution in [2.75, 3.05) is 18.4 Å². The molecule has 4 rings (SSSR count). The number of benzene rings is 3. The van der Waals surface area contributed by atoms with E-state index in [0.29, 0.717) is 41.0 Å². The summed E-state index contributed by atoms with van der Waals surface area (Å²) in [7, 11) is -3.50. The molecular formula is C24H21N3O3S. The molecule has 6 nitrogen and oxygen atoms in total. The van der Waals surface area contributed by atoms with E-state index in [1.165, 1.54) is 16.4 Å². The monoisotopic (exact) mass is 431 g/mol. The van der Waals surface area contributed by atoms with Gasteiger partial charge in [0.15, 0.2) is 0 Å². The van der Waals surface area contributed by atoms with Crippen LogP contribution in [0.2, 0.25) is 0 Å². The smallest absolute Gasteiger partial charge is 0.256 e. The maximum atomic E-state index is 13.0.